The van der Waals surface area contributed by atoms with Crippen LogP contribution >= 0.6 is 11.3 Å². The highest BCUT2D eigenvalue weighted by Crippen LogP contribution is 2.36. The molecule has 0 bridgehead atoms. The fourth-order valence-corrected chi connectivity index (χ4v) is 3.53. The summed E-state index contributed by atoms with van der Waals surface area (Å²) in [7, 11) is 0. The van der Waals surface area contributed by atoms with Gasteiger partial charge in [-0.15, -0.1) is 11.3 Å². The quantitative estimate of drug-likeness (QED) is 0.931. The van der Waals surface area contributed by atoms with E-state index in [0.717, 1.165) is 36.5 Å². The molecule has 0 aromatic carbocycles. The molecule has 2 aromatic heterocycles. The molecule has 0 radical (unpaired) electrons. The Labute approximate surface area is 114 Å². The van der Waals surface area contributed by atoms with Crippen molar-refractivity contribution in [1.82, 2.24) is 10.1 Å². The average molecular weight is 278 g/mol. The first-order valence-corrected chi connectivity index (χ1v) is 7.02. The average Bonchev–Trinajstić information content (AvgIpc) is 3.09. The fourth-order valence-electron chi connectivity index (χ4n) is 2.51. The first kappa shape index (κ1) is 12.4. The molecule has 1 N–H and O–H groups in total. The lowest BCUT2D eigenvalue weighted by Gasteiger charge is -2.22. The van der Waals surface area contributed by atoms with E-state index in [1.165, 1.54) is 11.3 Å². The maximum absolute atomic E-state index is 10.9. The number of aromatic nitrogens is 1. The van der Waals surface area contributed by atoms with Gasteiger partial charge in [0, 0.05) is 23.5 Å². The van der Waals surface area contributed by atoms with Crippen molar-refractivity contribution in [3.05, 3.63) is 39.9 Å². The smallest absolute Gasteiger partial charge is 0.345 e. The molecule has 1 saturated heterocycles. The van der Waals surface area contributed by atoms with Crippen molar-refractivity contribution in [2.75, 3.05) is 6.54 Å². The first-order valence-electron chi connectivity index (χ1n) is 6.20. The summed E-state index contributed by atoms with van der Waals surface area (Å²) in [5.41, 5.74) is 0.918. The zero-order chi connectivity index (χ0) is 13.2. The van der Waals surface area contributed by atoms with Crippen LogP contribution in [0.15, 0.2) is 29.0 Å². The number of carboxylic acid groups (broad SMARTS) is 1. The maximum atomic E-state index is 10.9. The molecule has 0 spiro atoms. The lowest BCUT2D eigenvalue weighted by Crippen LogP contribution is -2.22. The number of carbonyl (C=O) groups is 1. The van der Waals surface area contributed by atoms with E-state index in [9.17, 15) is 4.79 Å². The molecule has 0 aliphatic carbocycles. The van der Waals surface area contributed by atoms with Crippen LogP contribution in [0.25, 0.3) is 0 Å². The molecule has 1 fully saturated rings. The Bertz CT molecular complexity index is 564. The summed E-state index contributed by atoms with van der Waals surface area (Å²) in [4.78, 5) is 14.8. The highest BCUT2D eigenvalue weighted by molar-refractivity contribution is 7.14. The van der Waals surface area contributed by atoms with Crippen molar-refractivity contribution in [1.29, 1.82) is 0 Å². The second-order valence-electron chi connectivity index (χ2n) is 4.63. The molecular formula is C13H14N2O3S. The minimum Gasteiger partial charge on any atom is -0.477 e. The van der Waals surface area contributed by atoms with Gasteiger partial charge in [-0.05, 0) is 31.5 Å². The van der Waals surface area contributed by atoms with Crippen LogP contribution in [0.5, 0.6) is 0 Å². The Morgan fingerprint density at radius 1 is 1.53 bits per heavy atom. The highest BCUT2D eigenvalue weighted by Gasteiger charge is 2.28. The van der Waals surface area contributed by atoms with Crippen LogP contribution in [0.4, 0.5) is 0 Å². The van der Waals surface area contributed by atoms with Crippen LogP contribution < -0.4 is 0 Å². The van der Waals surface area contributed by atoms with Gasteiger partial charge in [-0.3, -0.25) is 4.90 Å². The van der Waals surface area contributed by atoms with Gasteiger partial charge in [0.15, 0.2) is 0 Å². The molecule has 1 aliphatic rings. The molecule has 3 heterocycles. The SMILES string of the molecule is O=C(O)c1ccc(C2CCCN2Cc2ccon2)s1. The summed E-state index contributed by atoms with van der Waals surface area (Å²) < 4.78 is 4.85. The number of likely N-dealkylation sites (tertiary alicyclic amines) is 1. The number of nitrogens with zero attached hydrogens (tertiary/aromatic N) is 2. The van der Waals surface area contributed by atoms with Gasteiger partial charge in [0.2, 0.25) is 0 Å². The van der Waals surface area contributed by atoms with E-state index in [4.69, 9.17) is 9.63 Å². The molecule has 100 valence electrons. The standard InChI is InChI=1S/C13H14N2O3S/c16-13(17)12-4-3-11(19-12)10-2-1-6-15(10)8-9-5-7-18-14-9/h3-5,7,10H,1-2,6,8H2,(H,16,17). The Hall–Kier alpha value is -1.66. The molecule has 2 aromatic rings. The monoisotopic (exact) mass is 278 g/mol. The molecule has 0 saturated carbocycles. The third-order valence-corrected chi connectivity index (χ3v) is 4.56. The maximum Gasteiger partial charge on any atom is 0.345 e. The number of rotatable bonds is 4. The van der Waals surface area contributed by atoms with Gasteiger partial charge in [0.1, 0.15) is 11.1 Å². The van der Waals surface area contributed by atoms with E-state index >= 15 is 0 Å². The summed E-state index contributed by atoms with van der Waals surface area (Å²) in [5.74, 6) is -0.850. The van der Waals surface area contributed by atoms with Crippen molar-refractivity contribution in [2.24, 2.45) is 0 Å². The third-order valence-electron chi connectivity index (χ3n) is 3.39. The molecule has 1 aliphatic heterocycles. The Morgan fingerprint density at radius 2 is 2.42 bits per heavy atom. The number of thiophene rings is 1. The molecule has 5 nitrogen and oxygen atoms in total. The molecule has 19 heavy (non-hydrogen) atoms. The number of aromatic carboxylic acids is 1. The normalized spacial score (nSPS) is 19.9. The van der Waals surface area contributed by atoms with E-state index in [-0.39, 0.29) is 0 Å². The van der Waals surface area contributed by atoms with Crippen molar-refractivity contribution in [2.45, 2.75) is 25.4 Å². The topological polar surface area (TPSA) is 66.6 Å². The number of carboxylic acids is 1. The minimum atomic E-state index is -0.850. The highest BCUT2D eigenvalue weighted by atomic mass is 32.1. The molecule has 3 rings (SSSR count). The minimum absolute atomic E-state index is 0.301. The van der Waals surface area contributed by atoms with Crippen molar-refractivity contribution in [3.63, 3.8) is 0 Å². The number of hydrogen-bond donors (Lipinski definition) is 1. The summed E-state index contributed by atoms with van der Waals surface area (Å²) >= 11 is 1.37. The zero-order valence-corrected chi connectivity index (χ0v) is 11.1. The van der Waals surface area contributed by atoms with Gasteiger partial charge >= 0.3 is 5.97 Å². The predicted molar refractivity (Wildman–Crippen MR) is 70.2 cm³/mol. The summed E-state index contributed by atoms with van der Waals surface area (Å²) in [6.45, 7) is 1.76. The first-order chi connectivity index (χ1) is 9.24. The van der Waals surface area contributed by atoms with Gasteiger partial charge in [0.05, 0.1) is 5.69 Å². The van der Waals surface area contributed by atoms with Gasteiger partial charge < -0.3 is 9.63 Å². The van der Waals surface area contributed by atoms with Gasteiger partial charge in [-0.25, -0.2) is 4.79 Å². The van der Waals surface area contributed by atoms with Crippen LogP contribution in [0, 0.1) is 0 Å². The Balaban J connectivity index is 1.76. The molecule has 1 atom stereocenters. The largest absolute Gasteiger partial charge is 0.477 e. The van der Waals surface area contributed by atoms with Crippen LogP contribution in [0.1, 0.15) is 39.1 Å². The lowest BCUT2D eigenvalue weighted by atomic mass is 10.2. The van der Waals surface area contributed by atoms with E-state index in [2.05, 4.69) is 10.1 Å². The van der Waals surface area contributed by atoms with Crippen LogP contribution in [0.2, 0.25) is 0 Å². The van der Waals surface area contributed by atoms with E-state index in [1.807, 2.05) is 12.1 Å². The zero-order valence-electron chi connectivity index (χ0n) is 10.3. The van der Waals surface area contributed by atoms with E-state index in [0.29, 0.717) is 10.9 Å². The van der Waals surface area contributed by atoms with Crippen molar-refractivity contribution < 1.29 is 14.4 Å². The van der Waals surface area contributed by atoms with Crippen LogP contribution in [-0.2, 0) is 6.54 Å². The third kappa shape index (κ3) is 2.54. The second kappa shape index (κ2) is 5.14. The van der Waals surface area contributed by atoms with Gasteiger partial charge in [-0.1, -0.05) is 5.16 Å². The van der Waals surface area contributed by atoms with E-state index < -0.39 is 5.97 Å². The number of hydrogen-bond acceptors (Lipinski definition) is 5. The second-order valence-corrected chi connectivity index (χ2v) is 5.74. The Kier molecular flexibility index (Phi) is 3.35. The summed E-state index contributed by atoms with van der Waals surface area (Å²) in [6.07, 6.45) is 3.77. The fraction of sp³-hybridized carbons (Fsp3) is 0.385. The van der Waals surface area contributed by atoms with Gasteiger partial charge in [0.25, 0.3) is 0 Å². The van der Waals surface area contributed by atoms with Gasteiger partial charge in [-0.2, -0.15) is 0 Å². The van der Waals surface area contributed by atoms with Crippen molar-refractivity contribution >= 4 is 17.3 Å². The summed E-state index contributed by atoms with van der Waals surface area (Å²) in [5, 5.41) is 12.9. The summed E-state index contributed by atoms with van der Waals surface area (Å²) in [6, 6.07) is 5.79. The van der Waals surface area contributed by atoms with Crippen LogP contribution in [0.3, 0.4) is 0 Å². The molecule has 6 heteroatoms. The molecule has 0 amide bonds. The molecule has 1 unspecified atom stereocenters. The van der Waals surface area contributed by atoms with Crippen molar-refractivity contribution in [3.8, 4) is 0 Å². The predicted octanol–water partition coefficient (Wildman–Crippen LogP) is 2.77. The van der Waals surface area contributed by atoms with E-state index in [1.54, 1.807) is 12.3 Å². The Morgan fingerprint density at radius 3 is 3.11 bits per heavy atom. The lowest BCUT2D eigenvalue weighted by molar-refractivity contribution is 0.0702. The van der Waals surface area contributed by atoms with Crippen LogP contribution in [-0.4, -0.2) is 27.7 Å². The molecular weight excluding hydrogens is 264 g/mol.